The van der Waals surface area contributed by atoms with Crippen LogP contribution in [0.3, 0.4) is 0 Å². The standard InChI is InChI=1S/C43H50N2O10/c1-43(2,3)55-38(48)22-21-33(26-46)44-40(49)34(23-29-11-6-5-7-12-29)45(4)41(50)32-24-36-39(53-27-52-36)37(25-32)54-42(51)31-19-17-28(18-20-31)13-10-15-30-14-8-9-16-35(30)47/h5-14,16-20,24,33-34,36-37,39,46-47H,15,21-23,25-27H2,1-4H3,(H,44,49). The van der Waals surface area contributed by atoms with Gasteiger partial charge in [0.2, 0.25) is 11.8 Å². The van der Waals surface area contributed by atoms with Gasteiger partial charge in [0.15, 0.2) is 0 Å². The predicted molar refractivity (Wildman–Crippen MR) is 205 cm³/mol. The summed E-state index contributed by atoms with van der Waals surface area (Å²) in [6.45, 7) is 4.83. The average molecular weight is 755 g/mol. The van der Waals surface area contributed by atoms with Gasteiger partial charge in [-0.05, 0) is 74.6 Å². The first kappa shape index (κ1) is 40.9. The summed E-state index contributed by atoms with van der Waals surface area (Å²) >= 11 is 0. The van der Waals surface area contributed by atoms with Gasteiger partial charge in [-0.2, -0.15) is 0 Å². The van der Waals surface area contributed by atoms with Crippen molar-refractivity contribution in [1.29, 1.82) is 0 Å². The van der Waals surface area contributed by atoms with E-state index in [-0.39, 0.29) is 38.2 Å². The summed E-state index contributed by atoms with van der Waals surface area (Å²) in [5.74, 6) is -1.77. The molecule has 12 nitrogen and oxygen atoms in total. The summed E-state index contributed by atoms with van der Waals surface area (Å²) in [6, 6.07) is 21.5. The topological polar surface area (TPSA) is 161 Å². The van der Waals surface area contributed by atoms with E-state index in [1.807, 2.05) is 54.6 Å². The SMILES string of the molecule is CN(C(=O)C1=CC2OCOC2C(OC(=O)c2ccc(C=CCc3ccccc3O)cc2)C1)C(Cc1ccccc1)C(=O)NC(CO)CCC(=O)OC(C)(C)C. The first-order chi connectivity index (χ1) is 26.3. The summed E-state index contributed by atoms with van der Waals surface area (Å²) < 4.78 is 22.8. The fraction of sp³-hybridized carbons (Fsp3) is 0.395. The number of amides is 2. The molecule has 1 saturated heterocycles. The summed E-state index contributed by atoms with van der Waals surface area (Å²) in [7, 11) is 1.53. The lowest BCUT2D eigenvalue weighted by Gasteiger charge is -2.34. The van der Waals surface area contributed by atoms with E-state index in [1.165, 1.54) is 11.9 Å². The number of nitrogens with zero attached hydrogens (tertiary/aromatic N) is 1. The number of para-hydroxylation sites is 1. The molecule has 0 radical (unpaired) electrons. The maximum absolute atomic E-state index is 14.2. The number of phenols is 1. The molecule has 292 valence electrons. The number of allylic oxidation sites excluding steroid dienone is 1. The zero-order valence-electron chi connectivity index (χ0n) is 31.7. The lowest BCUT2D eigenvalue weighted by atomic mass is 9.90. The Morgan fingerprint density at radius 1 is 0.982 bits per heavy atom. The van der Waals surface area contributed by atoms with E-state index in [9.17, 15) is 29.4 Å². The molecule has 1 aliphatic carbocycles. The Morgan fingerprint density at radius 3 is 2.38 bits per heavy atom. The number of aliphatic hydroxyl groups excluding tert-OH is 1. The number of phenolic OH excluding ortho intramolecular Hbond substituents is 1. The van der Waals surface area contributed by atoms with Crippen molar-refractivity contribution in [3.8, 4) is 5.75 Å². The Labute approximate surface area is 321 Å². The molecule has 1 aliphatic heterocycles. The molecule has 2 amide bonds. The van der Waals surface area contributed by atoms with Gasteiger partial charge in [0.1, 0.15) is 42.5 Å². The van der Waals surface area contributed by atoms with Gasteiger partial charge in [-0.15, -0.1) is 0 Å². The van der Waals surface area contributed by atoms with E-state index in [2.05, 4.69) is 5.32 Å². The van der Waals surface area contributed by atoms with Gasteiger partial charge in [0, 0.05) is 31.9 Å². The second-order valence-corrected chi connectivity index (χ2v) is 14.7. The summed E-state index contributed by atoms with van der Waals surface area (Å²) in [6.07, 6.45) is 4.25. The van der Waals surface area contributed by atoms with Crippen molar-refractivity contribution < 1.29 is 48.3 Å². The van der Waals surface area contributed by atoms with Crippen LogP contribution < -0.4 is 5.32 Å². The quantitative estimate of drug-likeness (QED) is 0.182. The number of aliphatic hydroxyl groups is 1. The average Bonchev–Trinajstić information content (AvgIpc) is 3.65. The molecule has 2 aliphatic rings. The molecule has 0 bridgehead atoms. The summed E-state index contributed by atoms with van der Waals surface area (Å²) in [4.78, 5) is 55.1. The molecular weight excluding hydrogens is 704 g/mol. The molecule has 0 aromatic heterocycles. The van der Waals surface area contributed by atoms with Crippen LogP contribution in [-0.2, 0) is 46.2 Å². The van der Waals surface area contributed by atoms with Crippen molar-refractivity contribution in [2.24, 2.45) is 0 Å². The first-order valence-electron chi connectivity index (χ1n) is 18.4. The predicted octanol–water partition coefficient (Wildman–Crippen LogP) is 4.91. The van der Waals surface area contributed by atoms with Crippen LogP contribution >= 0.6 is 0 Å². The van der Waals surface area contributed by atoms with Crippen molar-refractivity contribution >= 4 is 29.8 Å². The van der Waals surface area contributed by atoms with Crippen LogP contribution in [-0.4, -0.2) is 95.3 Å². The Kier molecular flexibility index (Phi) is 14.0. The number of ether oxygens (including phenoxy) is 4. The third kappa shape index (κ3) is 11.6. The molecule has 1 heterocycles. The molecule has 12 heteroatoms. The van der Waals surface area contributed by atoms with E-state index < -0.39 is 66.4 Å². The Balaban J connectivity index is 1.25. The molecular formula is C43H50N2O10. The van der Waals surface area contributed by atoms with Crippen molar-refractivity contribution in [3.63, 3.8) is 0 Å². The van der Waals surface area contributed by atoms with Crippen molar-refractivity contribution in [1.82, 2.24) is 10.2 Å². The van der Waals surface area contributed by atoms with Gasteiger partial charge in [-0.1, -0.05) is 72.8 Å². The number of hydrogen-bond acceptors (Lipinski definition) is 10. The highest BCUT2D eigenvalue weighted by Gasteiger charge is 2.44. The first-order valence-corrected chi connectivity index (χ1v) is 18.4. The number of likely N-dealkylation sites (N-methyl/N-ethyl adjacent to an activating group) is 1. The number of rotatable bonds is 15. The van der Waals surface area contributed by atoms with Crippen LogP contribution in [0.15, 0.2) is 96.6 Å². The number of fused-ring (bicyclic) bond motifs is 1. The maximum atomic E-state index is 14.2. The fourth-order valence-electron chi connectivity index (χ4n) is 6.46. The van der Waals surface area contributed by atoms with Crippen LogP contribution in [0.25, 0.3) is 6.08 Å². The number of carbonyl (C=O) groups is 4. The fourth-order valence-corrected chi connectivity index (χ4v) is 6.46. The molecule has 5 rings (SSSR count). The summed E-state index contributed by atoms with van der Waals surface area (Å²) in [5.41, 5.74) is 2.42. The Bertz CT molecular complexity index is 1850. The van der Waals surface area contributed by atoms with E-state index in [0.29, 0.717) is 17.6 Å². The molecule has 1 fully saturated rings. The highest BCUT2D eigenvalue weighted by Crippen LogP contribution is 2.32. The van der Waals surface area contributed by atoms with E-state index in [1.54, 1.807) is 63.2 Å². The van der Waals surface area contributed by atoms with Gasteiger partial charge < -0.3 is 39.4 Å². The van der Waals surface area contributed by atoms with Gasteiger partial charge in [0.25, 0.3) is 0 Å². The zero-order valence-corrected chi connectivity index (χ0v) is 31.7. The van der Waals surface area contributed by atoms with Crippen LogP contribution in [0.5, 0.6) is 5.75 Å². The molecule has 3 aromatic carbocycles. The van der Waals surface area contributed by atoms with Gasteiger partial charge in [0.05, 0.1) is 18.2 Å². The highest BCUT2D eigenvalue weighted by molar-refractivity contribution is 5.97. The smallest absolute Gasteiger partial charge is 0.338 e. The molecule has 3 N–H and O–H groups in total. The maximum Gasteiger partial charge on any atom is 0.338 e. The number of hydrogen-bond donors (Lipinski definition) is 3. The molecule has 5 atom stereocenters. The number of esters is 2. The number of aromatic hydroxyl groups is 1. The molecule has 0 spiro atoms. The van der Waals surface area contributed by atoms with E-state index in [0.717, 1.165) is 16.7 Å². The third-order valence-electron chi connectivity index (χ3n) is 9.36. The van der Waals surface area contributed by atoms with Gasteiger partial charge in [-0.25, -0.2) is 4.79 Å². The third-order valence-corrected chi connectivity index (χ3v) is 9.36. The number of carbonyl (C=O) groups excluding carboxylic acids is 4. The number of benzene rings is 3. The van der Waals surface area contributed by atoms with Crippen LogP contribution in [0.1, 0.15) is 67.1 Å². The monoisotopic (exact) mass is 754 g/mol. The van der Waals surface area contributed by atoms with Crippen molar-refractivity contribution in [2.45, 2.75) is 88.9 Å². The summed E-state index contributed by atoms with van der Waals surface area (Å²) in [5, 5.41) is 22.9. The zero-order chi connectivity index (χ0) is 39.5. The minimum atomic E-state index is -0.989. The molecule has 0 saturated carbocycles. The van der Waals surface area contributed by atoms with Crippen molar-refractivity contribution in [3.05, 3.63) is 119 Å². The second-order valence-electron chi connectivity index (χ2n) is 14.7. The van der Waals surface area contributed by atoms with Crippen LogP contribution in [0, 0.1) is 0 Å². The van der Waals surface area contributed by atoms with Crippen molar-refractivity contribution in [2.75, 3.05) is 20.4 Å². The lowest BCUT2D eigenvalue weighted by molar-refractivity contribution is -0.155. The van der Waals surface area contributed by atoms with Crippen LogP contribution in [0.2, 0.25) is 0 Å². The van der Waals surface area contributed by atoms with E-state index >= 15 is 0 Å². The molecule has 55 heavy (non-hydrogen) atoms. The number of nitrogens with one attached hydrogen (secondary N) is 1. The second kappa shape index (κ2) is 18.8. The minimum Gasteiger partial charge on any atom is -0.508 e. The van der Waals surface area contributed by atoms with E-state index in [4.69, 9.17) is 18.9 Å². The van der Waals surface area contributed by atoms with Crippen LogP contribution in [0.4, 0.5) is 0 Å². The highest BCUT2D eigenvalue weighted by atomic mass is 16.7. The van der Waals surface area contributed by atoms with Gasteiger partial charge in [-0.3, -0.25) is 14.4 Å². The largest absolute Gasteiger partial charge is 0.508 e. The molecule has 3 aromatic rings. The lowest BCUT2D eigenvalue weighted by Crippen LogP contribution is -2.53. The molecule has 5 unspecified atom stereocenters. The minimum absolute atomic E-state index is 0.0133. The normalized spacial score (nSPS) is 19.1. The Morgan fingerprint density at radius 2 is 1.69 bits per heavy atom. The Hall–Kier alpha value is -5.30. The van der Waals surface area contributed by atoms with Gasteiger partial charge >= 0.3 is 11.9 Å².